The van der Waals surface area contributed by atoms with Crippen LogP contribution in [0.3, 0.4) is 0 Å². The Balaban J connectivity index is 0.964. The third-order valence-electron chi connectivity index (χ3n) is 18.9. The fourth-order valence-electron chi connectivity index (χ4n) is 13.3. The molecule has 11 aromatic carbocycles. The summed E-state index contributed by atoms with van der Waals surface area (Å²) in [5.41, 5.74) is 20.7. The summed E-state index contributed by atoms with van der Waals surface area (Å²) in [6.45, 7) is 27.5. The van der Waals surface area contributed by atoms with Crippen LogP contribution < -0.4 is 0 Å². The normalized spacial score (nSPS) is 12.4. The second-order valence-electron chi connectivity index (χ2n) is 29.7. The van der Waals surface area contributed by atoms with Crippen LogP contribution in [-0.4, -0.2) is 39.0 Å². The van der Waals surface area contributed by atoms with Crippen LogP contribution in [0, 0.1) is 0 Å². The zero-order valence-electron chi connectivity index (χ0n) is 56.8. The highest BCUT2D eigenvalue weighted by Crippen LogP contribution is 2.45. The van der Waals surface area contributed by atoms with Crippen molar-refractivity contribution in [2.75, 3.05) is 0 Å². The fraction of sp³-hybridized carbons (Fsp3) is 0.182. The number of nitrogens with zero attached hydrogens (tertiary/aromatic N) is 8. The Morgan fingerprint density at radius 2 is 0.448 bits per heavy atom. The van der Waals surface area contributed by atoms with E-state index in [9.17, 15) is 0 Å². The SMILES string of the molecule is CC(C)(C)c1ccc2c(c1)c1cc(C(C)(C)C)ccc1n2-c1ccc(-c2cccc(-c3ccc(-n4c5ccc(C(C)(C)C)cc5c5cc(C(C)(C)C)ccc54)c(-c4nc(-c5ccccc5)nc(-c5ccccc5)n4)c3)c2)cc1-c1nc(-c2ccccc2)nc(-c2ccccc2)n1. The van der Waals surface area contributed by atoms with Gasteiger partial charge in [-0.2, -0.15) is 0 Å². The van der Waals surface area contributed by atoms with Crippen LogP contribution in [0.1, 0.15) is 105 Å². The number of benzene rings is 11. The van der Waals surface area contributed by atoms with Crippen LogP contribution in [0.2, 0.25) is 0 Å². The summed E-state index contributed by atoms with van der Waals surface area (Å²) in [7, 11) is 0. The van der Waals surface area contributed by atoms with E-state index in [4.69, 9.17) is 29.9 Å². The molecule has 15 rings (SSSR count). The van der Waals surface area contributed by atoms with Gasteiger partial charge in [-0.3, -0.25) is 0 Å². The fourth-order valence-corrected chi connectivity index (χ4v) is 13.3. The quantitative estimate of drug-likeness (QED) is 0.136. The van der Waals surface area contributed by atoms with E-state index in [2.05, 4.69) is 274 Å². The van der Waals surface area contributed by atoms with Crippen molar-refractivity contribution in [3.8, 4) is 102 Å². The summed E-state index contributed by atoms with van der Waals surface area (Å²) in [6, 6.07) is 91.5. The van der Waals surface area contributed by atoms with Gasteiger partial charge in [0.2, 0.25) is 0 Å². The molecule has 0 N–H and O–H groups in total. The van der Waals surface area contributed by atoms with Crippen LogP contribution >= 0.6 is 0 Å². The van der Waals surface area contributed by atoms with E-state index in [0.29, 0.717) is 34.9 Å². The van der Waals surface area contributed by atoms with Crippen molar-refractivity contribution in [1.29, 1.82) is 0 Å². The molecule has 0 aliphatic carbocycles. The predicted molar refractivity (Wildman–Crippen MR) is 400 cm³/mol. The molecule has 4 aromatic heterocycles. The van der Waals surface area contributed by atoms with Gasteiger partial charge in [0, 0.05) is 54.9 Å². The zero-order chi connectivity index (χ0) is 66.4. The molecular formula is C88H78N8. The molecule has 0 spiro atoms. The average Bonchev–Trinajstić information content (AvgIpc) is 1.56. The molecule has 0 atom stereocenters. The second kappa shape index (κ2) is 23.5. The molecule has 0 radical (unpaired) electrons. The van der Waals surface area contributed by atoms with E-state index in [0.717, 1.165) is 89.1 Å². The lowest BCUT2D eigenvalue weighted by Gasteiger charge is -2.20. The van der Waals surface area contributed by atoms with Gasteiger partial charge in [-0.15, -0.1) is 0 Å². The Morgan fingerprint density at radius 3 is 0.708 bits per heavy atom. The molecule has 0 saturated carbocycles. The summed E-state index contributed by atoms with van der Waals surface area (Å²) >= 11 is 0. The van der Waals surface area contributed by atoms with E-state index in [1.165, 1.54) is 43.8 Å². The molecular weight excluding hydrogens is 1170 g/mol. The topological polar surface area (TPSA) is 87.2 Å². The maximum atomic E-state index is 5.46. The van der Waals surface area contributed by atoms with Crippen molar-refractivity contribution >= 4 is 43.6 Å². The van der Waals surface area contributed by atoms with Gasteiger partial charge in [0.15, 0.2) is 34.9 Å². The highest BCUT2D eigenvalue weighted by Gasteiger charge is 2.27. The van der Waals surface area contributed by atoms with Gasteiger partial charge >= 0.3 is 0 Å². The molecule has 0 aliphatic rings. The molecule has 4 heterocycles. The molecule has 8 heteroatoms. The van der Waals surface area contributed by atoms with E-state index < -0.39 is 0 Å². The Kier molecular flexibility index (Phi) is 15.0. The van der Waals surface area contributed by atoms with Crippen LogP contribution in [-0.2, 0) is 21.7 Å². The maximum absolute atomic E-state index is 5.46. The lowest BCUT2D eigenvalue weighted by molar-refractivity contribution is 0.590. The Labute approximate surface area is 563 Å². The first-order valence-electron chi connectivity index (χ1n) is 33.4. The van der Waals surface area contributed by atoms with Crippen molar-refractivity contribution in [3.63, 3.8) is 0 Å². The summed E-state index contributed by atoms with van der Waals surface area (Å²) in [5.74, 6) is 3.52. The zero-order valence-corrected chi connectivity index (χ0v) is 56.8. The Hall–Kier alpha value is -11.0. The average molecular weight is 1250 g/mol. The first-order chi connectivity index (χ1) is 46.1. The third-order valence-corrected chi connectivity index (χ3v) is 18.9. The monoisotopic (exact) mass is 1250 g/mol. The summed E-state index contributed by atoms with van der Waals surface area (Å²) in [6.07, 6.45) is 0. The molecule has 96 heavy (non-hydrogen) atoms. The van der Waals surface area contributed by atoms with Gasteiger partial charge in [-0.05, 0) is 145 Å². The molecule has 0 unspecified atom stereocenters. The number of fused-ring (bicyclic) bond motifs is 6. The largest absolute Gasteiger partial charge is 0.309 e. The Morgan fingerprint density at radius 1 is 0.208 bits per heavy atom. The first-order valence-corrected chi connectivity index (χ1v) is 33.4. The van der Waals surface area contributed by atoms with E-state index >= 15 is 0 Å². The minimum Gasteiger partial charge on any atom is -0.309 e. The van der Waals surface area contributed by atoms with E-state index in [1.54, 1.807) is 0 Å². The van der Waals surface area contributed by atoms with Crippen LogP contribution in [0.5, 0.6) is 0 Å². The van der Waals surface area contributed by atoms with Gasteiger partial charge in [0.25, 0.3) is 0 Å². The maximum Gasteiger partial charge on any atom is 0.166 e. The van der Waals surface area contributed by atoms with E-state index in [1.807, 2.05) is 72.8 Å². The predicted octanol–water partition coefficient (Wildman–Crippen LogP) is 22.8. The Bertz CT molecular complexity index is 4880. The van der Waals surface area contributed by atoms with Crippen LogP contribution in [0.15, 0.2) is 255 Å². The minimum absolute atomic E-state index is 0.0633. The molecule has 15 aromatic rings. The molecule has 470 valence electrons. The van der Waals surface area contributed by atoms with Crippen molar-refractivity contribution in [2.45, 2.75) is 105 Å². The van der Waals surface area contributed by atoms with Gasteiger partial charge in [-0.25, -0.2) is 29.9 Å². The molecule has 0 bridgehead atoms. The number of aromatic nitrogens is 8. The minimum atomic E-state index is -0.0633. The van der Waals surface area contributed by atoms with Gasteiger partial charge in [-0.1, -0.05) is 259 Å². The smallest absolute Gasteiger partial charge is 0.166 e. The van der Waals surface area contributed by atoms with Crippen molar-refractivity contribution in [1.82, 2.24) is 39.0 Å². The lowest BCUT2D eigenvalue weighted by Crippen LogP contribution is -2.10. The molecule has 0 aliphatic heterocycles. The van der Waals surface area contributed by atoms with Crippen molar-refractivity contribution in [2.24, 2.45) is 0 Å². The van der Waals surface area contributed by atoms with E-state index in [-0.39, 0.29) is 21.7 Å². The van der Waals surface area contributed by atoms with Crippen molar-refractivity contribution < 1.29 is 0 Å². The number of hydrogen-bond donors (Lipinski definition) is 0. The standard InChI is InChI=1S/C88H78N8/c1-85(2,3)63-38-44-73-67(51-63)68-52-64(86(4,5)6)39-45-74(68)95(73)77-42-36-61(49-71(77)83-91-79(55-26-17-13-18-27-55)89-80(92-83)56-28-19-14-20-29-56)59-34-25-35-60(48-59)62-37-43-78(72(50-62)84-93-81(57-30-21-15-22-31-57)90-82(94-84)58-32-23-16-24-33-58)96-75-46-40-65(87(7,8)9)53-69(75)70-54-66(88(10,11)12)41-47-76(70)96/h13-54H,1-12H3. The lowest BCUT2D eigenvalue weighted by atomic mass is 9.85. The molecule has 8 nitrogen and oxygen atoms in total. The third kappa shape index (κ3) is 11.4. The summed E-state index contributed by atoms with van der Waals surface area (Å²) in [4.78, 5) is 32.2. The van der Waals surface area contributed by atoms with Crippen molar-refractivity contribution in [3.05, 3.63) is 277 Å². The second-order valence-corrected chi connectivity index (χ2v) is 29.7. The molecule has 0 saturated heterocycles. The van der Waals surface area contributed by atoms with Crippen LogP contribution in [0.4, 0.5) is 0 Å². The first kappa shape index (κ1) is 61.2. The summed E-state index contributed by atoms with van der Waals surface area (Å²) < 4.78 is 4.85. The van der Waals surface area contributed by atoms with Gasteiger partial charge < -0.3 is 9.13 Å². The van der Waals surface area contributed by atoms with Gasteiger partial charge in [0.1, 0.15) is 0 Å². The number of rotatable bonds is 10. The molecule has 0 fully saturated rings. The summed E-state index contributed by atoms with van der Waals surface area (Å²) in [5, 5.41) is 4.81. The highest BCUT2D eigenvalue weighted by molar-refractivity contribution is 6.12. The van der Waals surface area contributed by atoms with Gasteiger partial charge in [0.05, 0.1) is 33.4 Å². The molecule has 0 amide bonds. The van der Waals surface area contributed by atoms with Crippen LogP contribution in [0.25, 0.3) is 146 Å². The highest BCUT2D eigenvalue weighted by atomic mass is 15.1. The number of hydrogen-bond acceptors (Lipinski definition) is 6.